The summed E-state index contributed by atoms with van der Waals surface area (Å²) >= 11 is 0. The zero-order chi connectivity index (χ0) is 20.2. The number of primary amides is 1. The van der Waals surface area contributed by atoms with Crippen LogP contribution in [0.25, 0.3) is 0 Å². The lowest BCUT2D eigenvalue weighted by Crippen LogP contribution is -2.41. The number of likely N-dealkylation sites (N-methyl/N-ethyl adjacent to an activating group) is 1. The third-order valence-corrected chi connectivity index (χ3v) is 4.01. The van der Waals surface area contributed by atoms with E-state index >= 15 is 0 Å². The number of hydrogen-bond donors (Lipinski definition) is 2. The van der Waals surface area contributed by atoms with Gasteiger partial charge in [0.05, 0.1) is 6.54 Å². The number of nitrogens with two attached hydrogens (primary N) is 1. The molecule has 0 aliphatic carbocycles. The summed E-state index contributed by atoms with van der Waals surface area (Å²) in [4.78, 5) is 17.1. The topological polar surface area (TPSA) is 89.2 Å². The number of carbonyl (C=O) groups is 1. The van der Waals surface area contributed by atoms with Crippen LogP contribution >= 0.6 is 0 Å². The number of carbonyl (C=O) groups excluding carboxylic acids is 1. The van der Waals surface area contributed by atoms with Crippen molar-refractivity contribution < 1.29 is 14.3 Å². The van der Waals surface area contributed by atoms with Crippen molar-refractivity contribution in [2.75, 3.05) is 40.4 Å². The minimum Gasteiger partial charge on any atom is -0.492 e. The van der Waals surface area contributed by atoms with E-state index in [1.54, 1.807) is 7.05 Å². The fourth-order valence-corrected chi connectivity index (χ4v) is 2.53. The van der Waals surface area contributed by atoms with Crippen molar-refractivity contribution in [2.24, 2.45) is 10.7 Å². The molecule has 3 N–H and O–H groups in total. The Kier molecular flexibility index (Phi) is 8.65. The number of benzene rings is 2. The van der Waals surface area contributed by atoms with Crippen molar-refractivity contribution in [3.63, 3.8) is 0 Å². The highest BCUT2D eigenvalue weighted by molar-refractivity contribution is 5.79. The van der Waals surface area contributed by atoms with E-state index in [0.29, 0.717) is 12.4 Å². The van der Waals surface area contributed by atoms with E-state index in [4.69, 9.17) is 15.2 Å². The fourth-order valence-electron chi connectivity index (χ4n) is 2.53. The smallest absolute Gasteiger partial charge is 0.255 e. The van der Waals surface area contributed by atoms with Gasteiger partial charge in [0, 0.05) is 20.6 Å². The third kappa shape index (κ3) is 7.57. The summed E-state index contributed by atoms with van der Waals surface area (Å²) in [5.41, 5.74) is 6.22. The van der Waals surface area contributed by atoms with Crippen LogP contribution < -0.4 is 20.5 Å². The molecule has 0 fully saturated rings. The number of para-hydroxylation sites is 1. The Labute approximate surface area is 166 Å². The van der Waals surface area contributed by atoms with Gasteiger partial charge in [0.2, 0.25) is 0 Å². The van der Waals surface area contributed by atoms with Crippen molar-refractivity contribution in [3.8, 4) is 11.5 Å². The molecule has 1 amide bonds. The number of nitrogens with zero attached hydrogens (tertiary/aromatic N) is 2. The Balaban J connectivity index is 1.70. The highest BCUT2D eigenvalue weighted by Gasteiger charge is 2.06. The molecule has 0 atom stereocenters. The molecule has 0 saturated heterocycles. The number of hydrogen-bond acceptors (Lipinski definition) is 4. The van der Waals surface area contributed by atoms with E-state index in [0.717, 1.165) is 36.8 Å². The van der Waals surface area contributed by atoms with Crippen LogP contribution in [0.1, 0.15) is 5.56 Å². The minimum atomic E-state index is -0.488. The molecule has 0 heterocycles. The first-order chi connectivity index (χ1) is 13.6. The van der Waals surface area contributed by atoms with Gasteiger partial charge in [-0.25, -0.2) is 0 Å². The molecule has 0 aliphatic rings. The van der Waals surface area contributed by atoms with Gasteiger partial charge >= 0.3 is 0 Å². The Morgan fingerprint density at radius 2 is 1.75 bits per heavy atom. The van der Waals surface area contributed by atoms with Crippen LogP contribution in [0.4, 0.5) is 0 Å². The molecule has 7 heteroatoms. The van der Waals surface area contributed by atoms with Crippen molar-refractivity contribution in [3.05, 3.63) is 60.2 Å². The summed E-state index contributed by atoms with van der Waals surface area (Å²) in [6.45, 7) is 1.93. The van der Waals surface area contributed by atoms with E-state index in [2.05, 4.69) is 10.3 Å². The first-order valence-corrected chi connectivity index (χ1v) is 9.18. The second-order valence-electron chi connectivity index (χ2n) is 6.21. The average Bonchev–Trinajstić information content (AvgIpc) is 2.71. The highest BCUT2D eigenvalue weighted by Crippen LogP contribution is 2.12. The second-order valence-corrected chi connectivity index (χ2v) is 6.21. The molecule has 28 heavy (non-hydrogen) atoms. The van der Waals surface area contributed by atoms with Crippen molar-refractivity contribution in [1.29, 1.82) is 0 Å². The summed E-state index contributed by atoms with van der Waals surface area (Å²) in [7, 11) is 3.75. The number of amides is 1. The maximum Gasteiger partial charge on any atom is 0.255 e. The molecule has 0 bridgehead atoms. The Morgan fingerprint density at radius 1 is 1.07 bits per heavy atom. The summed E-state index contributed by atoms with van der Waals surface area (Å²) < 4.78 is 11.0. The van der Waals surface area contributed by atoms with Gasteiger partial charge in [0.25, 0.3) is 5.91 Å². The summed E-state index contributed by atoms with van der Waals surface area (Å²) in [5.74, 6) is 1.82. The molecule has 2 aromatic carbocycles. The Bertz CT molecular complexity index is 748. The van der Waals surface area contributed by atoms with Gasteiger partial charge in [0.15, 0.2) is 12.6 Å². The maximum absolute atomic E-state index is 10.7. The molecule has 0 radical (unpaired) electrons. The van der Waals surface area contributed by atoms with Gasteiger partial charge in [-0.3, -0.25) is 9.79 Å². The summed E-state index contributed by atoms with van der Waals surface area (Å²) in [5, 5.41) is 3.35. The normalized spacial score (nSPS) is 11.0. The largest absolute Gasteiger partial charge is 0.492 e. The first kappa shape index (κ1) is 21.1. The van der Waals surface area contributed by atoms with E-state index in [1.165, 1.54) is 0 Å². The Hall–Kier alpha value is -3.22. The molecule has 150 valence electrons. The molecule has 0 saturated carbocycles. The molecule has 2 rings (SSSR count). The van der Waals surface area contributed by atoms with Crippen LogP contribution in [-0.2, 0) is 11.2 Å². The predicted molar refractivity (Wildman–Crippen MR) is 111 cm³/mol. The van der Waals surface area contributed by atoms with Crippen molar-refractivity contribution >= 4 is 11.9 Å². The third-order valence-electron chi connectivity index (χ3n) is 4.01. The van der Waals surface area contributed by atoms with Crippen molar-refractivity contribution in [1.82, 2.24) is 10.2 Å². The molecule has 7 nitrogen and oxygen atoms in total. The van der Waals surface area contributed by atoms with Crippen LogP contribution in [0.2, 0.25) is 0 Å². The van der Waals surface area contributed by atoms with E-state index < -0.39 is 5.91 Å². The van der Waals surface area contributed by atoms with Crippen molar-refractivity contribution in [2.45, 2.75) is 6.42 Å². The monoisotopic (exact) mass is 384 g/mol. The summed E-state index contributed by atoms with van der Waals surface area (Å²) in [6, 6.07) is 17.4. The lowest BCUT2D eigenvalue weighted by molar-refractivity contribution is -0.119. The lowest BCUT2D eigenvalue weighted by atomic mass is 10.1. The SMILES string of the molecule is CN=C(NCCc1ccc(OCC(N)=O)cc1)N(C)CCOc1ccccc1. The maximum atomic E-state index is 10.7. The molecule has 0 spiro atoms. The van der Waals surface area contributed by atoms with E-state index in [-0.39, 0.29) is 6.61 Å². The van der Waals surface area contributed by atoms with Crippen LogP contribution in [0, 0.1) is 0 Å². The van der Waals surface area contributed by atoms with Crippen LogP contribution in [0.3, 0.4) is 0 Å². The number of aliphatic imine (C=N–C) groups is 1. The fraction of sp³-hybridized carbons (Fsp3) is 0.333. The van der Waals surface area contributed by atoms with Crippen LogP contribution in [0.15, 0.2) is 59.6 Å². The first-order valence-electron chi connectivity index (χ1n) is 9.18. The van der Waals surface area contributed by atoms with Gasteiger partial charge in [-0.15, -0.1) is 0 Å². The quantitative estimate of drug-likeness (QED) is 0.481. The minimum absolute atomic E-state index is 0.114. The molecule has 0 aromatic heterocycles. The van der Waals surface area contributed by atoms with E-state index in [9.17, 15) is 4.79 Å². The standard InChI is InChI=1S/C21H28N4O3/c1-23-21(25(2)14-15-27-18-6-4-3-5-7-18)24-13-12-17-8-10-19(11-9-17)28-16-20(22)26/h3-11H,12-16H2,1-2H3,(H2,22,26)(H,23,24). The molecule has 0 unspecified atom stereocenters. The number of guanidine groups is 1. The van der Waals surface area contributed by atoms with Crippen LogP contribution in [0.5, 0.6) is 11.5 Å². The number of rotatable bonds is 10. The lowest BCUT2D eigenvalue weighted by Gasteiger charge is -2.22. The highest BCUT2D eigenvalue weighted by atomic mass is 16.5. The molecular weight excluding hydrogens is 356 g/mol. The molecule has 2 aromatic rings. The van der Waals surface area contributed by atoms with Gasteiger partial charge in [0.1, 0.15) is 18.1 Å². The van der Waals surface area contributed by atoms with Gasteiger partial charge < -0.3 is 25.4 Å². The van der Waals surface area contributed by atoms with Gasteiger partial charge in [-0.1, -0.05) is 30.3 Å². The predicted octanol–water partition coefficient (Wildman–Crippen LogP) is 1.68. The Morgan fingerprint density at radius 3 is 2.39 bits per heavy atom. The van der Waals surface area contributed by atoms with E-state index in [1.807, 2.05) is 66.5 Å². The molecule has 0 aliphatic heterocycles. The summed E-state index contributed by atoms with van der Waals surface area (Å²) in [6.07, 6.45) is 0.837. The molecular formula is C21H28N4O3. The van der Waals surface area contributed by atoms with Gasteiger partial charge in [-0.2, -0.15) is 0 Å². The zero-order valence-electron chi connectivity index (χ0n) is 16.4. The number of ether oxygens (including phenoxy) is 2. The van der Waals surface area contributed by atoms with Gasteiger partial charge in [-0.05, 0) is 36.2 Å². The average molecular weight is 384 g/mol. The number of nitrogens with one attached hydrogen (secondary N) is 1. The second kappa shape index (κ2) is 11.5. The zero-order valence-corrected chi connectivity index (χ0v) is 16.4. The van der Waals surface area contributed by atoms with Crippen LogP contribution in [-0.4, -0.2) is 57.2 Å².